The molecule has 0 bridgehead atoms. The molecule has 6 nitrogen and oxygen atoms in total. The summed E-state index contributed by atoms with van der Waals surface area (Å²) in [6.45, 7) is 8.66. The van der Waals surface area contributed by atoms with Crippen LogP contribution in [0.15, 0.2) is 102 Å². The van der Waals surface area contributed by atoms with Crippen LogP contribution < -0.4 is 14.1 Å². The minimum Gasteiger partial charge on any atom is -0.268 e. The van der Waals surface area contributed by atoms with Crippen molar-refractivity contribution in [1.29, 1.82) is 0 Å². The molecule has 34 heavy (non-hydrogen) atoms. The van der Waals surface area contributed by atoms with E-state index in [1.54, 1.807) is 0 Å². The van der Waals surface area contributed by atoms with E-state index in [0.717, 1.165) is 28.1 Å². The molecule has 3 aromatic rings. The Balaban J connectivity index is 1.89. The molecule has 0 aliphatic carbocycles. The van der Waals surface area contributed by atoms with E-state index in [9.17, 15) is 0 Å². The van der Waals surface area contributed by atoms with Gasteiger partial charge in [-0.1, -0.05) is 30.4 Å². The van der Waals surface area contributed by atoms with Crippen molar-refractivity contribution in [3.05, 3.63) is 114 Å². The molecule has 6 heteroatoms. The maximum absolute atomic E-state index is 4.79. The minimum atomic E-state index is 0.584. The first-order chi connectivity index (χ1) is 16.4. The monoisotopic (exact) mass is 454 g/mol. The molecule has 0 unspecified atom stereocenters. The second kappa shape index (κ2) is 11.7. The lowest BCUT2D eigenvalue weighted by Gasteiger charge is -2.24. The summed E-state index contributed by atoms with van der Waals surface area (Å²) >= 11 is 0. The van der Waals surface area contributed by atoms with Gasteiger partial charge in [-0.05, 0) is 31.6 Å². The average molecular weight is 455 g/mol. The molecule has 0 saturated heterocycles. The minimum absolute atomic E-state index is 0.584. The molecular weight excluding hydrogens is 420 g/mol. The number of hydrogen-bond acceptors (Lipinski definition) is 4. The number of benzene rings is 1. The van der Waals surface area contributed by atoms with Crippen LogP contribution in [0, 0.1) is 6.92 Å². The lowest BCUT2D eigenvalue weighted by molar-refractivity contribution is -0.671. The normalized spacial score (nSPS) is 11.9. The Labute approximate surface area is 203 Å². The van der Waals surface area contributed by atoms with Crippen molar-refractivity contribution in [2.75, 3.05) is 12.1 Å². The quantitative estimate of drug-likeness (QED) is 0.212. The van der Waals surface area contributed by atoms with E-state index >= 15 is 0 Å². The maximum atomic E-state index is 4.79. The standard InChI is InChI=1S/C28H34N6/c1-7-27(8-2)34(30-21-25-13-17-32(5)18-14-25)22-26-19-23(3)9-10-28(26)33(6)29-20-24-11-15-31(4)16-12-24/h7-21H,1,22H2,2-6H3/q+2. The van der Waals surface area contributed by atoms with E-state index in [4.69, 9.17) is 5.10 Å². The van der Waals surface area contributed by atoms with Crippen molar-refractivity contribution in [3.63, 3.8) is 0 Å². The third kappa shape index (κ3) is 6.72. The summed E-state index contributed by atoms with van der Waals surface area (Å²) in [5.41, 5.74) is 6.35. The lowest BCUT2D eigenvalue weighted by Crippen LogP contribution is -2.26. The van der Waals surface area contributed by atoms with Crippen LogP contribution in [-0.2, 0) is 20.6 Å². The molecule has 174 valence electrons. The molecule has 0 aliphatic heterocycles. The zero-order chi connectivity index (χ0) is 24.5. The smallest absolute Gasteiger partial charge is 0.169 e. The molecule has 0 fully saturated rings. The molecule has 0 atom stereocenters. The van der Waals surface area contributed by atoms with Gasteiger partial charge in [-0.15, -0.1) is 0 Å². The number of hydrogen-bond donors (Lipinski definition) is 0. The number of rotatable bonds is 9. The number of hydrazone groups is 2. The predicted molar refractivity (Wildman–Crippen MR) is 140 cm³/mol. The van der Waals surface area contributed by atoms with Gasteiger partial charge in [0.25, 0.3) is 0 Å². The van der Waals surface area contributed by atoms with E-state index < -0.39 is 0 Å². The Hall–Kier alpha value is -4.06. The highest BCUT2D eigenvalue weighted by atomic mass is 15.5. The van der Waals surface area contributed by atoms with Crippen LogP contribution >= 0.6 is 0 Å². The van der Waals surface area contributed by atoms with Gasteiger partial charge in [-0.25, -0.2) is 9.13 Å². The Morgan fingerprint density at radius 2 is 1.47 bits per heavy atom. The molecule has 3 rings (SSSR count). The van der Waals surface area contributed by atoms with Gasteiger partial charge >= 0.3 is 0 Å². The van der Waals surface area contributed by atoms with Gasteiger partial charge in [-0.3, -0.25) is 10.0 Å². The van der Waals surface area contributed by atoms with Crippen molar-refractivity contribution >= 4 is 18.1 Å². The van der Waals surface area contributed by atoms with Crippen molar-refractivity contribution in [2.24, 2.45) is 24.3 Å². The Morgan fingerprint density at radius 1 is 0.912 bits per heavy atom. The van der Waals surface area contributed by atoms with Gasteiger partial charge < -0.3 is 0 Å². The number of aryl methyl sites for hydroxylation is 3. The topological polar surface area (TPSA) is 39.0 Å². The molecular formula is C28H34N6+2. The molecule has 0 saturated carbocycles. The SMILES string of the molecule is C=CC(=CC)N(Cc1cc(C)ccc1N(C)N=Cc1cc[n+](C)cc1)N=Cc1cc[n+](C)cc1. The summed E-state index contributed by atoms with van der Waals surface area (Å²) in [7, 11) is 5.97. The highest BCUT2D eigenvalue weighted by Crippen LogP contribution is 2.25. The van der Waals surface area contributed by atoms with E-state index in [1.165, 1.54) is 5.56 Å². The Bertz CT molecular complexity index is 1190. The summed E-state index contributed by atoms with van der Waals surface area (Å²) in [5.74, 6) is 0. The number of anilines is 1. The summed E-state index contributed by atoms with van der Waals surface area (Å²) in [5, 5.41) is 13.3. The zero-order valence-corrected chi connectivity index (χ0v) is 20.8. The fourth-order valence-corrected chi connectivity index (χ4v) is 3.44. The maximum Gasteiger partial charge on any atom is 0.169 e. The largest absolute Gasteiger partial charge is 0.268 e. The zero-order valence-electron chi connectivity index (χ0n) is 20.8. The van der Waals surface area contributed by atoms with E-state index in [0.29, 0.717) is 6.54 Å². The summed E-state index contributed by atoms with van der Waals surface area (Å²) < 4.78 is 4.00. The van der Waals surface area contributed by atoms with Crippen LogP contribution in [0.3, 0.4) is 0 Å². The molecule has 0 amide bonds. The average Bonchev–Trinajstić information content (AvgIpc) is 2.83. The third-order valence-electron chi connectivity index (χ3n) is 5.44. The molecule has 1 aromatic carbocycles. The van der Waals surface area contributed by atoms with E-state index in [-0.39, 0.29) is 0 Å². The van der Waals surface area contributed by atoms with Crippen LogP contribution in [0.25, 0.3) is 0 Å². The van der Waals surface area contributed by atoms with Gasteiger partial charge in [0.05, 0.1) is 30.4 Å². The van der Waals surface area contributed by atoms with Crippen molar-refractivity contribution in [1.82, 2.24) is 5.01 Å². The number of nitrogens with zero attached hydrogens (tertiary/aromatic N) is 6. The Morgan fingerprint density at radius 3 is 2.00 bits per heavy atom. The number of aromatic nitrogens is 2. The molecule has 2 aromatic heterocycles. The molecule has 0 N–H and O–H groups in total. The fraction of sp³-hybridized carbons (Fsp3) is 0.214. The van der Waals surface area contributed by atoms with Crippen molar-refractivity contribution in [2.45, 2.75) is 20.4 Å². The summed E-state index contributed by atoms with van der Waals surface area (Å²) in [6.07, 6.45) is 15.6. The van der Waals surface area contributed by atoms with Crippen molar-refractivity contribution < 1.29 is 9.13 Å². The number of pyridine rings is 2. The van der Waals surface area contributed by atoms with E-state index in [2.05, 4.69) is 36.8 Å². The van der Waals surface area contributed by atoms with Crippen molar-refractivity contribution in [3.8, 4) is 0 Å². The molecule has 0 radical (unpaired) electrons. The summed E-state index contributed by atoms with van der Waals surface area (Å²) in [4.78, 5) is 0. The second-order valence-electron chi connectivity index (χ2n) is 8.21. The molecule has 0 aliphatic rings. The second-order valence-corrected chi connectivity index (χ2v) is 8.21. The van der Waals surface area contributed by atoms with Crippen LogP contribution in [0.4, 0.5) is 5.69 Å². The van der Waals surface area contributed by atoms with Gasteiger partial charge in [0.15, 0.2) is 24.8 Å². The van der Waals surface area contributed by atoms with E-state index in [1.807, 2.05) is 121 Å². The fourth-order valence-electron chi connectivity index (χ4n) is 3.44. The lowest BCUT2D eigenvalue weighted by atomic mass is 10.1. The highest BCUT2D eigenvalue weighted by Gasteiger charge is 2.13. The first kappa shape index (κ1) is 24.6. The first-order valence-electron chi connectivity index (χ1n) is 11.3. The van der Waals surface area contributed by atoms with Crippen LogP contribution in [0.2, 0.25) is 0 Å². The molecule has 0 spiro atoms. The first-order valence-corrected chi connectivity index (χ1v) is 11.3. The van der Waals surface area contributed by atoms with Gasteiger partial charge in [0, 0.05) is 42.4 Å². The summed E-state index contributed by atoms with van der Waals surface area (Å²) in [6, 6.07) is 14.5. The number of allylic oxidation sites excluding steroid dienone is 2. The molecule has 2 heterocycles. The van der Waals surface area contributed by atoms with Gasteiger partial charge in [0.1, 0.15) is 14.1 Å². The predicted octanol–water partition coefficient (Wildman–Crippen LogP) is 4.04. The highest BCUT2D eigenvalue weighted by molar-refractivity contribution is 5.80. The van der Waals surface area contributed by atoms with Gasteiger partial charge in [0.2, 0.25) is 0 Å². The van der Waals surface area contributed by atoms with Crippen LogP contribution in [0.1, 0.15) is 29.2 Å². The van der Waals surface area contributed by atoms with Crippen LogP contribution in [-0.4, -0.2) is 24.5 Å². The third-order valence-corrected chi connectivity index (χ3v) is 5.44. The van der Waals surface area contributed by atoms with Crippen LogP contribution in [0.5, 0.6) is 0 Å². The Kier molecular flexibility index (Phi) is 8.46. The van der Waals surface area contributed by atoms with Gasteiger partial charge in [-0.2, -0.15) is 10.2 Å².